The minimum absolute atomic E-state index is 0.152. The van der Waals surface area contributed by atoms with Crippen LogP contribution < -0.4 is 4.74 Å². The number of esters is 1. The maximum atomic E-state index is 11.9. The van der Waals surface area contributed by atoms with Gasteiger partial charge in [-0.2, -0.15) is 0 Å². The second kappa shape index (κ2) is 8.18. The molecule has 0 aliphatic carbocycles. The number of halogens is 2. The number of carbonyl (C=O) groups excluding carboxylic acids is 1. The third-order valence-corrected chi connectivity index (χ3v) is 4.07. The lowest BCUT2D eigenvalue weighted by Gasteiger charge is -2.13. The van der Waals surface area contributed by atoms with Crippen LogP contribution in [0.4, 0.5) is 0 Å². The van der Waals surface area contributed by atoms with E-state index in [0.29, 0.717) is 27.4 Å². The van der Waals surface area contributed by atoms with Crippen molar-refractivity contribution in [3.63, 3.8) is 0 Å². The Morgan fingerprint density at radius 2 is 2.09 bits per heavy atom. The fourth-order valence-electron chi connectivity index (χ4n) is 1.96. The maximum absolute atomic E-state index is 11.9. The van der Waals surface area contributed by atoms with E-state index >= 15 is 0 Å². The van der Waals surface area contributed by atoms with Crippen molar-refractivity contribution in [3.05, 3.63) is 75.2 Å². The molecular formula is C18H16BrClO3. The fraction of sp³-hybridized carbons (Fsp3) is 0.167. The van der Waals surface area contributed by atoms with Gasteiger partial charge in [-0.25, -0.2) is 4.79 Å². The summed E-state index contributed by atoms with van der Waals surface area (Å²) >= 11 is 9.63. The van der Waals surface area contributed by atoms with Gasteiger partial charge in [0.2, 0.25) is 0 Å². The lowest BCUT2D eigenvalue weighted by Crippen LogP contribution is -2.06. The van der Waals surface area contributed by atoms with Crippen molar-refractivity contribution in [2.75, 3.05) is 6.61 Å². The quantitative estimate of drug-likeness (QED) is 0.490. The van der Waals surface area contributed by atoms with Crippen LogP contribution in [-0.2, 0) is 11.3 Å². The van der Waals surface area contributed by atoms with Gasteiger partial charge in [-0.3, -0.25) is 0 Å². The molecule has 0 aromatic heterocycles. The molecule has 0 saturated carbocycles. The van der Waals surface area contributed by atoms with Crippen LogP contribution in [0.2, 0.25) is 5.02 Å². The average molecular weight is 396 g/mol. The summed E-state index contributed by atoms with van der Waals surface area (Å²) in [5, 5.41) is 0.346. The number of ether oxygens (including phenoxy) is 2. The molecule has 0 aliphatic heterocycles. The maximum Gasteiger partial charge on any atom is 0.338 e. The van der Waals surface area contributed by atoms with Crippen molar-refractivity contribution < 1.29 is 14.3 Å². The first kappa shape index (κ1) is 17.6. The van der Waals surface area contributed by atoms with Crippen LogP contribution in [-0.4, -0.2) is 12.6 Å². The van der Waals surface area contributed by atoms with Gasteiger partial charge in [0.1, 0.15) is 13.2 Å². The van der Waals surface area contributed by atoms with Crippen LogP contribution in [0.5, 0.6) is 5.75 Å². The highest BCUT2D eigenvalue weighted by Gasteiger charge is 2.15. The monoisotopic (exact) mass is 394 g/mol. The lowest BCUT2D eigenvalue weighted by molar-refractivity contribution is 0.0549. The summed E-state index contributed by atoms with van der Waals surface area (Å²) in [6.07, 6.45) is 1.51. The number of hydrogen-bond donors (Lipinski definition) is 0. The molecule has 5 heteroatoms. The first-order valence-corrected chi connectivity index (χ1v) is 8.14. The SMILES string of the molecule is C=CCOC(=O)c1cc(Cl)c(OCc2ccccc2C)c(Br)c1. The topological polar surface area (TPSA) is 35.5 Å². The van der Waals surface area contributed by atoms with Crippen molar-refractivity contribution in [3.8, 4) is 5.75 Å². The summed E-state index contributed by atoms with van der Waals surface area (Å²) in [6.45, 7) is 6.07. The molecule has 2 rings (SSSR count). The van der Waals surface area contributed by atoms with Gasteiger partial charge < -0.3 is 9.47 Å². The number of hydrogen-bond acceptors (Lipinski definition) is 3. The van der Waals surface area contributed by atoms with Crippen LogP contribution in [0.3, 0.4) is 0 Å². The van der Waals surface area contributed by atoms with E-state index in [0.717, 1.165) is 11.1 Å². The molecule has 120 valence electrons. The van der Waals surface area contributed by atoms with Crippen molar-refractivity contribution in [1.82, 2.24) is 0 Å². The van der Waals surface area contributed by atoms with Gasteiger partial charge in [-0.15, -0.1) is 0 Å². The number of rotatable bonds is 6. The molecule has 0 amide bonds. The third kappa shape index (κ3) is 4.60. The molecule has 0 atom stereocenters. The molecule has 0 unspecified atom stereocenters. The summed E-state index contributed by atoms with van der Waals surface area (Å²) in [6, 6.07) is 11.1. The minimum Gasteiger partial charge on any atom is -0.486 e. The van der Waals surface area contributed by atoms with Crippen molar-refractivity contribution >= 4 is 33.5 Å². The van der Waals surface area contributed by atoms with E-state index in [1.165, 1.54) is 12.1 Å². The summed E-state index contributed by atoms with van der Waals surface area (Å²) in [7, 11) is 0. The van der Waals surface area contributed by atoms with Gasteiger partial charge >= 0.3 is 5.97 Å². The predicted molar refractivity (Wildman–Crippen MR) is 95.1 cm³/mol. The first-order valence-electron chi connectivity index (χ1n) is 6.97. The Balaban J connectivity index is 2.16. The van der Waals surface area contributed by atoms with Crippen LogP contribution in [0.25, 0.3) is 0 Å². The Kier molecular flexibility index (Phi) is 6.25. The van der Waals surface area contributed by atoms with Gasteiger partial charge in [0.05, 0.1) is 15.1 Å². The summed E-state index contributed by atoms with van der Waals surface area (Å²) < 4.78 is 11.4. The normalized spacial score (nSPS) is 10.2. The van der Waals surface area contributed by atoms with Crippen LogP contribution >= 0.6 is 27.5 Å². The zero-order valence-corrected chi connectivity index (χ0v) is 15.0. The van der Waals surface area contributed by atoms with E-state index in [2.05, 4.69) is 22.5 Å². The molecule has 0 saturated heterocycles. The zero-order valence-electron chi connectivity index (χ0n) is 12.6. The largest absolute Gasteiger partial charge is 0.486 e. The minimum atomic E-state index is -0.460. The molecule has 0 aliphatic rings. The smallest absolute Gasteiger partial charge is 0.338 e. The van der Waals surface area contributed by atoms with Gasteiger partial charge in [-0.05, 0) is 46.1 Å². The molecule has 3 nitrogen and oxygen atoms in total. The molecule has 2 aromatic carbocycles. The van der Waals surface area contributed by atoms with E-state index in [4.69, 9.17) is 21.1 Å². The molecule has 0 heterocycles. The van der Waals surface area contributed by atoms with E-state index in [9.17, 15) is 4.79 Å². The second-order valence-corrected chi connectivity index (χ2v) is 6.13. The Labute approximate surface area is 149 Å². The van der Waals surface area contributed by atoms with E-state index < -0.39 is 5.97 Å². The van der Waals surface area contributed by atoms with E-state index in [1.54, 1.807) is 6.07 Å². The van der Waals surface area contributed by atoms with Crippen molar-refractivity contribution in [2.45, 2.75) is 13.5 Å². The van der Waals surface area contributed by atoms with Gasteiger partial charge in [-0.1, -0.05) is 48.5 Å². The predicted octanol–water partition coefficient (Wildman–Crippen LogP) is 5.33. The molecule has 0 radical (unpaired) electrons. The molecule has 0 fully saturated rings. The highest BCUT2D eigenvalue weighted by molar-refractivity contribution is 9.10. The number of benzene rings is 2. The highest BCUT2D eigenvalue weighted by atomic mass is 79.9. The Bertz CT molecular complexity index is 705. The highest BCUT2D eigenvalue weighted by Crippen LogP contribution is 2.35. The van der Waals surface area contributed by atoms with Crippen molar-refractivity contribution in [2.24, 2.45) is 0 Å². The lowest BCUT2D eigenvalue weighted by atomic mass is 10.1. The van der Waals surface area contributed by atoms with E-state index in [-0.39, 0.29) is 6.61 Å². The third-order valence-electron chi connectivity index (χ3n) is 3.20. The molecular weight excluding hydrogens is 380 g/mol. The van der Waals surface area contributed by atoms with Crippen molar-refractivity contribution in [1.29, 1.82) is 0 Å². The second-order valence-electron chi connectivity index (χ2n) is 4.87. The Hall–Kier alpha value is -1.78. The standard InChI is InChI=1S/C18H16BrClO3/c1-3-8-22-18(21)14-9-15(19)17(16(20)10-14)23-11-13-7-5-4-6-12(13)2/h3-7,9-10H,1,8,11H2,2H3. The van der Waals surface area contributed by atoms with Gasteiger partial charge in [0.15, 0.2) is 5.75 Å². The van der Waals surface area contributed by atoms with Crippen LogP contribution in [0.1, 0.15) is 21.5 Å². The first-order chi connectivity index (χ1) is 11.0. The fourth-order valence-corrected chi connectivity index (χ4v) is 2.92. The van der Waals surface area contributed by atoms with Crippen LogP contribution in [0, 0.1) is 6.92 Å². The molecule has 2 aromatic rings. The molecule has 0 N–H and O–H groups in total. The summed E-state index contributed by atoms with van der Waals surface area (Å²) in [5.74, 6) is 0.0353. The molecule has 23 heavy (non-hydrogen) atoms. The Morgan fingerprint density at radius 3 is 2.74 bits per heavy atom. The molecule has 0 spiro atoms. The summed E-state index contributed by atoms with van der Waals surface area (Å²) in [4.78, 5) is 11.9. The molecule has 0 bridgehead atoms. The number of carbonyl (C=O) groups is 1. The van der Waals surface area contributed by atoms with Crippen LogP contribution in [0.15, 0.2) is 53.5 Å². The van der Waals surface area contributed by atoms with Gasteiger partial charge in [0, 0.05) is 0 Å². The average Bonchev–Trinajstić information content (AvgIpc) is 2.53. The van der Waals surface area contributed by atoms with Gasteiger partial charge in [0.25, 0.3) is 0 Å². The zero-order chi connectivity index (χ0) is 16.8. The Morgan fingerprint density at radius 1 is 1.35 bits per heavy atom. The van der Waals surface area contributed by atoms with E-state index in [1.807, 2.05) is 31.2 Å². The summed E-state index contributed by atoms with van der Waals surface area (Å²) in [5.41, 5.74) is 2.57. The number of aryl methyl sites for hydroxylation is 1.